The predicted octanol–water partition coefficient (Wildman–Crippen LogP) is 0.611. The number of aromatic nitrogens is 4. The Morgan fingerprint density at radius 3 is 2.86 bits per heavy atom. The van der Waals surface area contributed by atoms with E-state index in [9.17, 15) is 4.39 Å². The van der Waals surface area contributed by atoms with Gasteiger partial charge < -0.3 is 9.84 Å². The van der Waals surface area contributed by atoms with E-state index in [1.807, 2.05) is 0 Å². The first-order chi connectivity index (χ1) is 6.86. The van der Waals surface area contributed by atoms with Crippen LogP contribution in [0.5, 0.6) is 0 Å². The Morgan fingerprint density at radius 1 is 1.29 bits per heavy atom. The number of nitrogens with one attached hydrogen (secondary N) is 1. The number of hydrogen-bond donors (Lipinski definition) is 1. The molecule has 0 aliphatic carbocycles. The van der Waals surface area contributed by atoms with Gasteiger partial charge in [0.1, 0.15) is 0 Å². The second kappa shape index (κ2) is 3.77. The van der Waals surface area contributed by atoms with Gasteiger partial charge in [0.2, 0.25) is 6.39 Å². The molecule has 0 saturated carbocycles. The lowest BCUT2D eigenvalue weighted by molar-refractivity contribution is 0.411. The van der Waals surface area contributed by atoms with E-state index in [-0.39, 0.29) is 12.4 Å². The first-order valence-corrected chi connectivity index (χ1v) is 3.82. The average molecular weight is 195 g/mol. The van der Waals surface area contributed by atoms with Crippen LogP contribution in [0.15, 0.2) is 23.3 Å². The van der Waals surface area contributed by atoms with Crippen LogP contribution in [0.3, 0.4) is 0 Å². The molecule has 0 unspecified atom stereocenters. The Morgan fingerprint density at radius 2 is 2.14 bits per heavy atom. The maximum atomic E-state index is 12.9. The van der Waals surface area contributed by atoms with Gasteiger partial charge in [-0.15, -0.1) is 0 Å². The topological polar surface area (TPSA) is 76.7 Å². The summed E-state index contributed by atoms with van der Waals surface area (Å²) in [6, 6.07) is 0. The van der Waals surface area contributed by atoms with E-state index in [2.05, 4.69) is 29.9 Å². The lowest BCUT2D eigenvalue weighted by Crippen LogP contribution is -2.05. The third-order valence-electron chi connectivity index (χ3n) is 1.47. The SMILES string of the molecule is Fc1nccnc1NCc1ncon1. The van der Waals surface area contributed by atoms with Crippen LogP contribution in [0.1, 0.15) is 5.82 Å². The summed E-state index contributed by atoms with van der Waals surface area (Å²) in [6.07, 6.45) is 3.86. The van der Waals surface area contributed by atoms with Gasteiger partial charge in [0.05, 0.1) is 6.54 Å². The molecule has 0 radical (unpaired) electrons. The molecule has 2 aromatic heterocycles. The van der Waals surface area contributed by atoms with Crippen molar-refractivity contribution < 1.29 is 8.91 Å². The van der Waals surface area contributed by atoms with Crippen LogP contribution in [0.2, 0.25) is 0 Å². The fraction of sp³-hybridized carbons (Fsp3) is 0.143. The normalized spacial score (nSPS) is 10.1. The summed E-state index contributed by atoms with van der Waals surface area (Å²) in [7, 11) is 0. The highest BCUT2D eigenvalue weighted by molar-refractivity contribution is 5.31. The van der Waals surface area contributed by atoms with E-state index in [0.29, 0.717) is 5.82 Å². The van der Waals surface area contributed by atoms with E-state index in [0.717, 1.165) is 0 Å². The number of nitrogens with zero attached hydrogens (tertiary/aromatic N) is 4. The van der Waals surface area contributed by atoms with Crippen molar-refractivity contribution in [2.24, 2.45) is 0 Å². The quantitative estimate of drug-likeness (QED) is 0.773. The Balaban J connectivity index is 2.02. The van der Waals surface area contributed by atoms with Crippen LogP contribution in [-0.4, -0.2) is 20.1 Å². The van der Waals surface area contributed by atoms with Crippen molar-refractivity contribution in [3.8, 4) is 0 Å². The van der Waals surface area contributed by atoms with Crippen LogP contribution in [0.4, 0.5) is 10.2 Å². The van der Waals surface area contributed by atoms with Gasteiger partial charge in [0, 0.05) is 12.4 Å². The van der Waals surface area contributed by atoms with Crippen molar-refractivity contribution >= 4 is 5.82 Å². The summed E-state index contributed by atoms with van der Waals surface area (Å²) in [4.78, 5) is 10.9. The van der Waals surface area contributed by atoms with Gasteiger partial charge in [0.15, 0.2) is 11.6 Å². The molecule has 0 spiro atoms. The molecule has 0 bridgehead atoms. The lowest BCUT2D eigenvalue weighted by Gasteiger charge is -2.01. The minimum atomic E-state index is -0.656. The zero-order chi connectivity index (χ0) is 9.80. The van der Waals surface area contributed by atoms with Crippen molar-refractivity contribution in [1.29, 1.82) is 0 Å². The molecule has 0 saturated heterocycles. The second-order valence-corrected chi connectivity index (χ2v) is 2.40. The Labute approximate surface area is 78.2 Å². The van der Waals surface area contributed by atoms with Gasteiger partial charge in [-0.25, -0.2) is 9.97 Å². The lowest BCUT2D eigenvalue weighted by atomic mass is 10.5. The molecule has 0 aliphatic rings. The van der Waals surface area contributed by atoms with Gasteiger partial charge in [-0.05, 0) is 0 Å². The second-order valence-electron chi connectivity index (χ2n) is 2.40. The van der Waals surface area contributed by atoms with Crippen molar-refractivity contribution in [2.75, 3.05) is 5.32 Å². The highest BCUT2D eigenvalue weighted by Gasteiger charge is 2.04. The van der Waals surface area contributed by atoms with Gasteiger partial charge >= 0.3 is 0 Å². The van der Waals surface area contributed by atoms with Crippen molar-refractivity contribution in [2.45, 2.75) is 6.54 Å². The van der Waals surface area contributed by atoms with Crippen molar-refractivity contribution in [1.82, 2.24) is 20.1 Å². The van der Waals surface area contributed by atoms with Crippen LogP contribution < -0.4 is 5.32 Å². The summed E-state index contributed by atoms with van der Waals surface area (Å²) < 4.78 is 17.4. The fourth-order valence-electron chi connectivity index (χ4n) is 0.873. The summed E-state index contributed by atoms with van der Waals surface area (Å²) in [5.74, 6) is -0.164. The van der Waals surface area contributed by atoms with E-state index in [1.54, 1.807) is 0 Å². The molecule has 0 aliphatic heterocycles. The van der Waals surface area contributed by atoms with Crippen molar-refractivity contribution in [3.05, 3.63) is 30.6 Å². The van der Waals surface area contributed by atoms with E-state index in [4.69, 9.17) is 0 Å². The zero-order valence-electron chi connectivity index (χ0n) is 7.01. The average Bonchev–Trinajstić information content (AvgIpc) is 2.69. The molecule has 7 heteroatoms. The largest absolute Gasteiger partial charge is 0.359 e. The third-order valence-corrected chi connectivity index (χ3v) is 1.47. The molecule has 2 rings (SSSR count). The van der Waals surface area contributed by atoms with Crippen LogP contribution in [-0.2, 0) is 6.54 Å². The molecule has 14 heavy (non-hydrogen) atoms. The summed E-state index contributed by atoms with van der Waals surface area (Å²) >= 11 is 0. The third kappa shape index (κ3) is 1.82. The molecular weight excluding hydrogens is 189 g/mol. The maximum Gasteiger partial charge on any atom is 0.255 e. The fourth-order valence-corrected chi connectivity index (χ4v) is 0.873. The molecule has 1 N–H and O–H groups in total. The van der Waals surface area contributed by atoms with Gasteiger partial charge in [0.25, 0.3) is 5.95 Å². The van der Waals surface area contributed by atoms with Crippen LogP contribution >= 0.6 is 0 Å². The molecule has 2 aromatic rings. The Kier molecular flexibility index (Phi) is 2.30. The molecule has 0 atom stereocenters. The van der Waals surface area contributed by atoms with Gasteiger partial charge in [-0.1, -0.05) is 5.16 Å². The first kappa shape index (κ1) is 8.54. The maximum absolute atomic E-state index is 12.9. The minimum absolute atomic E-state index is 0.0669. The van der Waals surface area contributed by atoms with Gasteiger partial charge in [-0.3, -0.25) is 0 Å². The molecular formula is C7H6FN5O. The number of halogens is 1. The monoisotopic (exact) mass is 195 g/mol. The summed E-state index contributed by atoms with van der Waals surface area (Å²) in [5.41, 5.74) is 0. The number of anilines is 1. The zero-order valence-corrected chi connectivity index (χ0v) is 7.01. The van der Waals surface area contributed by atoms with E-state index >= 15 is 0 Å². The summed E-state index contributed by atoms with van der Waals surface area (Å²) in [5, 5.41) is 6.22. The molecule has 6 nitrogen and oxygen atoms in total. The van der Waals surface area contributed by atoms with Crippen LogP contribution in [0.25, 0.3) is 0 Å². The molecule has 2 heterocycles. The predicted molar refractivity (Wildman–Crippen MR) is 43.6 cm³/mol. The molecule has 0 fully saturated rings. The standard InChI is InChI=1S/C7H6FN5O/c8-6-7(10-2-1-9-6)11-3-5-12-4-14-13-5/h1-2,4H,3H2,(H,10,11). The Hall–Kier alpha value is -2.05. The van der Waals surface area contributed by atoms with Crippen molar-refractivity contribution in [3.63, 3.8) is 0 Å². The van der Waals surface area contributed by atoms with Crippen LogP contribution in [0, 0.1) is 5.95 Å². The highest BCUT2D eigenvalue weighted by Crippen LogP contribution is 2.05. The highest BCUT2D eigenvalue weighted by atomic mass is 19.1. The minimum Gasteiger partial charge on any atom is -0.359 e. The smallest absolute Gasteiger partial charge is 0.255 e. The summed E-state index contributed by atoms with van der Waals surface area (Å²) in [6.45, 7) is 0.242. The number of rotatable bonds is 3. The van der Waals surface area contributed by atoms with E-state index < -0.39 is 5.95 Å². The Bertz CT molecular complexity index is 404. The molecule has 0 aromatic carbocycles. The van der Waals surface area contributed by atoms with E-state index in [1.165, 1.54) is 18.8 Å². The molecule has 72 valence electrons. The van der Waals surface area contributed by atoms with Gasteiger partial charge in [-0.2, -0.15) is 9.37 Å². The molecule has 0 amide bonds. The number of hydrogen-bond acceptors (Lipinski definition) is 6. The first-order valence-electron chi connectivity index (χ1n) is 3.82.